The minimum absolute atomic E-state index is 0.0934. The summed E-state index contributed by atoms with van der Waals surface area (Å²) in [5.41, 5.74) is 0.563. The van der Waals surface area contributed by atoms with E-state index in [-0.39, 0.29) is 23.0 Å². The third-order valence-corrected chi connectivity index (χ3v) is 2.14. The third kappa shape index (κ3) is 1.90. The van der Waals surface area contributed by atoms with Crippen molar-refractivity contribution in [1.29, 1.82) is 10.5 Å². The molecule has 5 heteroatoms. The van der Waals surface area contributed by atoms with Crippen LogP contribution in [0.25, 0.3) is 11.3 Å². The minimum Gasteiger partial charge on any atom is -0.492 e. The van der Waals surface area contributed by atoms with Gasteiger partial charge in [-0.3, -0.25) is 0 Å². The molecule has 0 saturated carbocycles. The maximum Gasteiger partial charge on any atom is 0.239 e. The Hall–Kier alpha value is -2.92. The van der Waals surface area contributed by atoms with Crippen LogP contribution in [0.4, 0.5) is 0 Å². The van der Waals surface area contributed by atoms with Gasteiger partial charge >= 0.3 is 0 Å². The van der Waals surface area contributed by atoms with E-state index in [0.29, 0.717) is 5.56 Å². The first-order chi connectivity index (χ1) is 8.26. The average Bonchev–Trinajstić information content (AvgIpc) is 2.39. The van der Waals surface area contributed by atoms with Crippen LogP contribution in [0.1, 0.15) is 11.4 Å². The molecule has 0 bridgehead atoms. The summed E-state index contributed by atoms with van der Waals surface area (Å²) >= 11 is 0. The Morgan fingerprint density at radius 2 is 1.53 bits per heavy atom. The molecule has 0 atom stereocenters. The predicted octanol–water partition coefficient (Wildman–Crippen LogP) is 1.59. The molecule has 0 spiro atoms. The second-order valence-electron chi connectivity index (χ2n) is 3.18. The quantitative estimate of drug-likeness (QED) is 0.790. The molecular formula is C12H6N4O. The fraction of sp³-hybridized carbons (Fsp3) is 0. The van der Waals surface area contributed by atoms with Gasteiger partial charge in [0, 0.05) is 5.56 Å². The lowest BCUT2D eigenvalue weighted by atomic mass is 10.1. The van der Waals surface area contributed by atoms with Crippen LogP contribution in [0.2, 0.25) is 0 Å². The lowest BCUT2D eigenvalue weighted by Gasteiger charge is -2.03. The van der Waals surface area contributed by atoms with Crippen LogP contribution in [-0.2, 0) is 0 Å². The van der Waals surface area contributed by atoms with Gasteiger partial charge in [-0.15, -0.1) is 0 Å². The van der Waals surface area contributed by atoms with E-state index < -0.39 is 0 Å². The summed E-state index contributed by atoms with van der Waals surface area (Å²) < 4.78 is 0. The molecule has 1 aromatic heterocycles. The second-order valence-corrected chi connectivity index (χ2v) is 3.18. The molecule has 0 saturated heterocycles. The smallest absolute Gasteiger partial charge is 0.239 e. The zero-order valence-electron chi connectivity index (χ0n) is 8.62. The second kappa shape index (κ2) is 4.30. The first kappa shape index (κ1) is 10.6. The maximum absolute atomic E-state index is 9.66. The topological polar surface area (TPSA) is 93.6 Å². The number of aromatic hydroxyl groups is 1. The van der Waals surface area contributed by atoms with E-state index in [9.17, 15) is 5.11 Å². The monoisotopic (exact) mass is 222 g/mol. The van der Waals surface area contributed by atoms with Crippen molar-refractivity contribution in [2.75, 3.05) is 0 Å². The number of nitrogens with zero attached hydrogens (tertiary/aromatic N) is 4. The van der Waals surface area contributed by atoms with Gasteiger partial charge in [0.2, 0.25) is 5.88 Å². The first-order valence-electron chi connectivity index (χ1n) is 4.73. The van der Waals surface area contributed by atoms with E-state index in [0.717, 1.165) is 0 Å². The molecule has 1 aromatic carbocycles. The van der Waals surface area contributed by atoms with Gasteiger partial charge < -0.3 is 5.11 Å². The summed E-state index contributed by atoms with van der Waals surface area (Å²) in [7, 11) is 0. The Morgan fingerprint density at radius 3 is 2.12 bits per heavy atom. The summed E-state index contributed by atoms with van der Waals surface area (Å²) in [4.78, 5) is 7.58. The van der Waals surface area contributed by atoms with Crippen LogP contribution < -0.4 is 0 Å². The van der Waals surface area contributed by atoms with Gasteiger partial charge in [-0.2, -0.15) is 15.5 Å². The number of hydrogen-bond donors (Lipinski definition) is 1. The molecular weight excluding hydrogens is 216 g/mol. The molecule has 1 N–H and O–H groups in total. The number of rotatable bonds is 1. The van der Waals surface area contributed by atoms with Crippen molar-refractivity contribution in [1.82, 2.24) is 9.97 Å². The predicted molar refractivity (Wildman–Crippen MR) is 58.6 cm³/mol. The minimum atomic E-state index is -0.355. The van der Waals surface area contributed by atoms with E-state index in [1.165, 1.54) is 0 Å². The molecule has 0 fully saturated rings. The zero-order valence-corrected chi connectivity index (χ0v) is 8.62. The van der Waals surface area contributed by atoms with Crippen molar-refractivity contribution in [2.24, 2.45) is 0 Å². The standard InChI is InChI=1S/C12H6N4O/c13-6-9-10(7-14)16-12(17)11(15-9)8-4-2-1-3-5-8/h1-5H,(H,16,17). The zero-order chi connectivity index (χ0) is 12.3. The molecule has 0 amide bonds. The molecule has 1 heterocycles. The van der Waals surface area contributed by atoms with Crippen molar-refractivity contribution in [3.05, 3.63) is 41.7 Å². The van der Waals surface area contributed by atoms with Gasteiger partial charge in [0.1, 0.15) is 17.8 Å². The molecule has 0 unspecified atom stereocenters. The van der Waals surface area contributed by atoms with E-state index in [1.54, 1.807) is 36.4 Å². The van der Waals surface area contributed by atoms with Gasteiger partial charge in [-0.1, -0.05) is 30.3 Å². The summed E-state index contributed by atoms with van der Waals surface area (Å²) in [6.07, 6.45) is 0. The van der Waals surface area contributed by atoms with E-state index in [4.69, 9.17) is 10.5 Å². The molecule has 2 rings (SSSR count). The number of benzene rings is 1. The van der Waals surface area contributed by atoms with Crippen molar-refractivity contribution >= 4 is 0 Å². The number of nitriles is 2. The molecule has 0 aliphatic rings. The highest BCUT2D eigenvalue weighted by Crippen LogP contribution is 2.25. The van der Waals surface area contributed by atoms with Gasteiger partial charge in [0.15, 0.2) is 11.4 Å². The SMILES string of the molecule is N#Cc1nc(O)c(-c2ccccc2)nc1C#N. The van der Waals surface area contributed by atoms with Crippen molar-refractivity contribution in [2.45, 2.75) is 0 Å². The molecule has 17 heavy (non-hydrogen) atoms. The molecule has 0 aliphatic heterocycles. The Morgan fingerprint density at radius 1 is 0.941 bits per heavy atom. The normalized spacial score (nSPS) is 9.29. The van der Waals surface area contributed by atoms with Gasteiger partial charge in [-0.05, 0) is 0 Å². The number of aromatic nitrogens is 2. The van der Waals surface area contributed by atoms with Crippen LogP contribution >= 0.6 is 0 Å². The fourth-order valence-electron chi connectivity index (χ4n) is 1.37. The lowest BCUT2D eigenvalue weighted by molar-refractivity contribution is 0.452. The van der Waals surface area contributed by atoms with Crippen LogP contribution in [0, 0.1) is 22.7 Å². The van der Waals surface area contributed by atoms with Gasteiger partial charge in [0.25, 0.3) is 0 Å². The summed E-state index contributed by atoms with van der Waals surface area (Å²) in [5, 5.41) is 27.2. The van der Waals surface area contributed by atoms with Crippen LogP contribution in [0.15, 0.2) is 30.3 Å². The first-order valence-corrected chi connectivity index (χ1v) is 4.73. The van der Waals surface area contributed by atoms with Crippen molar-refractivity contribution in [3.63, 3.8) is 0 Å². The average molecular weight is 222 g/mol. The number of hydrogen-bond acceptors (Lipinski definition) is 5. The largest absolute Gasteiger partial charge is 0.492 e. The van der Waals surface area contributed by atoms with E-state index >= 15 is 0 Å². The Bertz CT molecular complexity index is 638. The molecule has 80 valence electrons. The fourth-order valence-corrected chi connectivity index (χ4v) is 1.37. The Labute approximate surface area is 97.2 Å². The lowest BCUT2D eigenvalue weighted by Crippen LogP contribution is -1.97. The highest BCUT2D eigenvalue weighted by atomic mass is 16.3. The van der Waals surface area contributed by atoms with Crippen LogP contribution in [0.5, 0.6) is 5.88 Å². The summed E-state index contributed by atoms with van der Waals surface area (Å²) in [5.74, 6) is -0.355. The Balaban J connectivity index is 2.66. The Kier molecular flexibility index (Phi) is 2.68. The molecule has 2 aromatic rings. The van der Waals surface area contributed by atoms with Gasteiger partial charge in [0.05, 0.1) is 0 Å². The molecule has 0 aliphatic carbocycles. The van der Waals surface area contributed by atoms with Gasteiger partial charge in [-0.25, -0.2) is 4.98 Å². The van der Waals surface area contributed by atoms with E-state index in [2.05, 4.69) is 9.97 Å². The highest BCUT2D eigenvalue weighted by Gasteiger charge is 2.13. The van der Waals surface area contributed by atoms with Crippen molar-refractivity contribution in [3.8, 4) is 29.3 Å². The summed E-state index contributed by atoms with van der Waals surface area (Å²) in [6.45, 7) is 0. The highest BCUT2D eigenvalue weighted by molar-refractivity contribution is 5.65. The molecule has 0 radical (unpaired) electrons. The molecule has 5 nitrogen and oxygen atoms in total. The maximum atomic E-state index is 9.66. The van der Waals surface area contributed by atoms with Crippen molar-refractivity contribution < 1.29 is 5.11 Å². The summed E-state index contributed by atoms with van der Waals surface area (Å²) in [6, 6.07) is 12.3. The third-order valence-electron chi connectivity index (χ3n) is 2.14. The van der Waals surface area contributed by atoms with Crippen LogP contribution in [-0.4, -0.2) is 15.1 Å². The van der Waals surface area contributed by atoms with E-state index in [1.807, 2.05) is 6.07 Å². The van der Waals surface area contributed by atoms with Crippen LogP contribution in [0.3, 0.4) is 0 Å².